The molecule has 0 radical (unpaired) electrons. The fourth-order valence-electron chi connectivity index (χ4n) is 3.61. The van der Waals surface area contributed by atoms with Crippen LogP contribution in [0.2, 0.25) is 0 Å². The van der Waals surface area contributed by atoms with Gasteiger partial charge < -0.3 is 14.6 Å². The molecule has 3 aromatic rings. The topological polar surface area (TPSA) is 89.6 Å². The second kappa shape index (κ2) is 8.10. The minimum Gasteiger partial charge on any atom is -0.507 e. The van der Waals surface area contributed by atoms with Crippen molar-refractivity contribution in [3.8, 4) is 0 Å². The van der Waals surface area contributed by atoms with E-state index in [2.05, 4.69) is 9.97 Å². The van der Waals surface area contributed by atoms with Gasteiger partial charge in [-0.2, -0.15) is 0 Å². The Balaban J connectivity index is 1.70. The molecule has 0 aliphatic carbocycles. The summed E-state index contributed by atoms with van der Waals surface area (Å²) in [5.41, 5.74) is 1.28. The fourth-order valence-corrected chi connectivity index (χ4v) is 3.61. The van der Waals surface area contributed by atoms with Crippen molar-refractivity contribution < 1.29 is 19.7 Å². The normalized spacial score (nSPS) is 18.3. The number of carbonyl (C=O) groups excluding carboxylic acids is 2. The minimum absolute atomic E-state index is 0.103. The maximum absolute atomic E-state index is 12.9. The third kappa shape index (κ3) is 3.67. The van der Waals surface area contributed by atoms with Gasteiger partial charge in [0.15, 0.2) is 6.20 Å². The van der Waals surface area contributed by atoms with Crippen molar-refractivity contribution in [3.05, 3.63) is 90.3 Å². The molecule has 0 spiro atoms. The van der Waals surface area contributed by atoms with Gasteiger partial charge in [-0.15, -0.1) is 0 Å². The number of imidazole rings is 1. The zero-order valence-electron chi connectivity index (χ0n) is 15.7. The van der Waals surface area contributed by atoms with Gasteiger partial charge in [0, 0.05) is 43.2 Å². The molecule has 1 aliphatic heterocycles. The summed E-state index contributed by atoms with van der Waals surface area (Å²) in [5.74, 6) is -1.44. The molecule has 1 amide bonds. The number of nitrogens with zero attached hydrogens (tertiary/aromatic N) is 3. The van der Waals surface area contributed by atoms with Crippen molar-refractivity contribution in [2.24, 2.45) is 0 Å². The predicted octanol–water partition coefficient (Wildman–Crippen LogP) is 2.21. The Morgan fingerprint density at radius 1 is 1.07 bits per heavy atom. The fraction of sp³-hybridized carbons (Fsp3) is 0.182. The second-order valence-corrected chi connectivity index (χ2v) is 6.83. The SMILES string of the molecule is O=C1C(=O)N(CCCn2ccnc2)C(c2cccc[nH+]2)C1=C(O)c1ccccc1. The van der Waals surface area contributed by atoms with Gasteiger partial charge >= 0.3 is 0 Å². The number of pyridine rings is 1. The highest BCUT2D eigenvalue weighted by Gasteiger charge is 2.48. The number of aromatic nitrogens is 3. The maximum atomic E-state index is 12.9. The van der Waals surface area contributed by atoms with Gasteiger partial charge in [-0.25, -0.2) is 9.97 Å². The number of benzene rings is 1. The first-order chi connectivity index (χ1) is 14.2. The molecule has 4 rings (SSSR count). The molecule has 3 heterocycles. The first kappa shape index (κ1) is 18.6. The predicted molar refractivity (Wildman–Crippen MR) is 105 cm³/mol. The van der Waals surface area contributed by atoms with E-state index in [1.807, 2.05) is 35.0 Å². The molecule has 1 fully saturated rings. The van der Waals surface area contributed by atoms with E-state index in [9.17, 15) is 14.7 Å². The van der Waals surface area contributed by atoms with Crippen LogP contribution < -0.4 is 4.98 Å². The Morgan fingerprint density at radius 3 is 2.55 bits per heavy atom. The van der Waals surface area contributed by atoms with Crippen LogP contribution in [-0.4, -0.2) is 37.8 Å². The average Bonchev–Trinajstić information content (AvgIpc) is 3.37. The van der Waals surface area contributed by atoms with Crippen LogP contribution in [0, 0.1) is 0 Å². The van der Waals surface area contributed by atoms with Crippen molar-refractivity contribution in [2.45, 2.75) is 19.0 Å². The Kier molecular flexibility index (Phi) is 5.20. The number of aromatic amines is 1. The monoisotopic (exact) mass is 389 g/mol. The van der Waals surface area contributed by atoms with Crippen LogP contribution in [0.4, 0.5) is 0 Å². The number of aliphatic hydroxyl groups excluding tert-OH is 1. The molecule has 1 aliphatic rings. The smallest absolute Gasteiger partial charge is 0.295 e. The third-order valence-corrected chi connectivity index (χ3v) is 4.99. The molecule has 146 valence electrons. The Morgan fingerprint density at radius 2 is 1.86 bits per heavy atom. The number of nitrogens with one attached hydrogen (secondary N) is 1. The van der Waals surface area contributed by atoms with Gasteiger partial charge in [-0.1, -0.05) is 36.4 Å². The van der Waals surface area contributed by atoms with Crippen LogP contribution in [-0.2, 0) is 16.1 Å². The molecule has 1 aromatic carbocycles. The van der Waals surface area contributed by atoms with Crippen LogP contribution in [0.25, 0.3) is 5.76 Å². The lowest BCUT2D eigenvalue weighted by atomic mass is 9.98. The highest BCUT2D eigenvalue weighted by Crippen LogP contribution is 2.37. The van der Waals surface area contributed by atoms with Crippen molar-refractivity contribution in [2.75, 3.05) is 6.54 Å². The van der Waals surface area contributed by atoms with E-state index in [0.717, 1.165) is 0 Å². The number of aliphatic hydroxyl groups is 1. The van der Waals surface area contributed by atoms with E-state index < -0.39 is 17.7 Å². The van der Waals surface area contributed by atoms with E-state index in [1.165, 1.54) is 4.90 Å². The zero-order valence-corrected chi connectivity index (χ0v) is 15.7. The standard InChI is InChI=1S/C22H20N4O3/c27-20(16-7-2-1-3-8-16)18-19(17-9-4-5-10-24-17)26(22(29)21(18)28)13-6-12-25-14-11-23-15-25/h1-5,7-11,14-15,19,27H,6,12-13H2/p+1. The molecule has 7 heteroatoms. The maximum Gasteiger partial charge on any atom is 0.295 e. The first-order valence-electron chi connectivity index (χ1n) is 9.43. The highest BCUT2D eigenvalue weighted by atomic mass is 16.3. The number of ketones is 1. The van der Waals surface area contributed by atoms with E-state index in [-0.39, 0.29) is 11.3 Å². The summed E-state index contributed by atoms with van der Waals surface area (Å²) in [4.78, 5) is 34.3. The highest BCUT2D eigenvalue weighted by molar-refractivity contribution is 6.46. The van der Waals surface area contributed by atoms with E-state index in [4.69, 9.17) is 0 Å². The average molecular weight is 389 g/mol. The summed E-state index contributed by atoms with van der Waals surface area (Å²) in [6.07, 6.45) is 7.66. The van der Waals surface area contributed by atoms with Gasteiger partial charge in [0.25, 0.3) is 11.7 Å². The number of hydrogen-bond donors (Lipinski definition) is 1. The molecule has 0 bridgehead atoms. The lowest BCUT2D eigenvalue weighted by Crippen LogP contribution is -2.33. The number of amides is 1. The van der Waals surface area contributed by atoms with Gasteiger partial charge in [0.1, 0.15) is 11.8 Å². The zero-order chi connectivity index (χ0) is 20.2. The summed E-state index contributed by atoms with van der Waals surface area (Å²) in [6.45, 7) is 1.05. The molecular weight excluding hydrogens is 368 g/mol. The summed E-state index contributed by atoms with van der Waals surface area (Å²) < 4.78 is 1.92. The van der Waals surface area contributed by atoms with Gasteiger partial charge in [0.2, 0.25) is 5.69 Å². The summed E-state index contributed by atoms with van der Waals surface area (Å²) in [7, 11) is 0. The van der Waals surface area contributed by atoms with Gasteiger partial charge in [0.05, 0.1) is 11.9 Å². The van der Waals surface area contributed by atoms with Crippen LogP contribution in [0.15, 0.2) is 79.0 Å². The number of likely N-dealkylation sites (tertiary alicyclic amines) is 1. The Labute approximate surface area is 168 Å². The number of Topliss-reactive ketones (excluding diaryl/α,β-unsaturated/α-hetero) is 1. The van der Waals surface area contributed by atoms with E-state index in [0.29, 0.717) is 30.8 Å². The quantitative estimate of drug-likeness (QED) is 0.398. The van der Waals surface area contributed by atoms with Crippen molar-refractivity contribution in [1.29, 1.82) is 0 Å². The van der Waals surface area contributed by atoms with Crippen LogP contribution in [0.5, 0.6) is 0 Å². The lowest BCUT2D eigenvalue weighted by molar-refractivity contribution is -0.394. The molecule has 1 atom stereocenters. The van der Waals surface area contributed by atoms with Crippen LogP contribution in [0.1, 0.15) is 23.7 Å². The number of hydrogen-bond acceptors (Lipinski definition) is 4. The summed E-state index contributed by atoms with van der Waals surface area (Å²) in [5, 5.41) is 10.9. The minimum atomic E-state index is -0.670. The molecule has 2 aromatic heterocycles. The molecular formula is C22H21N4O3+. The van der Waals surface area contributed by atoms with Crippen molar-refractivity contribution in [1.82, 2.24) is 14.5 Å². The third-order valence-electron chi connectivity index (χ3n) is 4.99. The molecule has 7 nitrogen and oxygen atoms in total. The molecule has 0 saturated carbocycles. The molecule has 2 N–H and O–H groups in total. The summed E-state index contributed by atoms with van der Waals surface area (Å²) >= 11 is 0. The molecule has 1 unspecified atom stereocenters. The number of H-pyrrole nitrogens is 1. The van der Waals surface area contributed by atoms with Crippen molar-refractivity contribution in [3.63, 3.8) is 0 Å². The van der Waals surface area contributed by atoms with Gasteiger partial charge in [-0.05, 0) is 6.42 Å². The Hall–Kier alpha value is -3.74. The molecule has 29 heavy (non-hydrogen) atoms. The number of rotatable bonds is 6. The van der Waals surface area contributed by atoms with Gasteiger partial charge in [-0.3, -0.25) is 9.59 Å². The second-order valence-electron chi connectivity index (χ2n) is 6.83. The largest absolute Gasteiger partial charge is 0.507 e. The molecule has 1 saturated heterocycles. The van der Waals surface area contributed by atoms with Crippen molar-refractivity contribution >= 4 is 17.4 Å². The Bertz CT molecular complexity index is 1030. The lowest BCUT2D eigenvalue weighted by Gasteiger charge is -2.22. The number of carbonyl (C=O) groups is 2. The summed E-state index contributed by atoms with van der Waals surface area (Å²) in [6, 6.07) is 13.6. The number of aryl methyl sites for hydroxylation is 1. The van der Waals surface area contributed by atoms with Crippen LogP contribution >= 0.6 is 0 Å². The van der Waals surface area contributed by atoms with E-state index in [1.54, 1.807) is 43.0 Å². The first-order valence-corrected chi connectivity index (χ1v) is 9.43. The van der Waals surface area contributed by atoms with E-state index >= 15 is 0 Å². The van der Waals surface area contributed by atoms with Crippen LogP contribution in [0.3, 0.4) is 0 Å².